The molecule has 3 rings (SSSR count). The maximum absolute atomic E-state index is 13.1. The molecule has 0 spiro atoms. The maximum atomic E-state index is 13.1. The van der Waals surface area contributed by atoms with Crippen LogP contribution < -0.4 is 10.5 Å². The number of carbonyl (C=O) groups is 1. The second-order valence-corrected chi connectivity index (χ2v) is 4.99. The van der Waals surface area contributed by atoms with Crippen LogP contribution in [0.2, 0.25) is 0 Å². The Kier molecular flexibility index (Phi) is 3.84. The van der Waals surface area contributed by atoms with E-state index in [0.29, 0.717) is 0 Å². The van der Waals surface area contributed by atoms with E-state index in [-0.39, 0.29) is 27.9 Å². The molecule has 122 valence electrons. The molecule has 0 unspecified atom stereocenters. The van der Waals surface area contributed by atoms with Crippen molar-refractivity contribution in [2.45, 2.75) is 6.18 Å². The highest BCUT2D eigenvalue weighted by atomic mass is 19.4. The SMILES string of the molecule is Nc1ccccc1C(=O)Oc1ccnc2c(C(F)(F)F)cccc12. The normalized spacial score (nSPS) is 11.5. The highest BCUT2D eigenvalue weighted by Gasteiger charge is 2.33. The van der Waals surface area contributed by atoms with Crippen LogP contribution in [0.3, 0.4) is 0 Å². The summed E-state index contributed by atoms with van der Waals surface area (Å²) in [5, 5.41) is 0.0928. The van der Waals surface area contributed by atoms with Crippen LogP contribution in [0.25, 0.3) is 10.9 Å². The highest BCUT2D eigenvalue weighted by molar-refractivity contribution is 5.98. The molecule has 2 N–H and O–H groups in total. The van der Waals surface area contributed by atoms with Crippen molar-refractivity contribution < 1.29 is 22.7 Å². The molecule has 24 heavy (non-hydrogen) atoms. The van der Waals surface area contributed by atoms with E-state index < -0.39 is 17.7 Å². The first-order chi connectivity index (χ1) is 11.4. The molecule has 0 aliphatic rings. The van der Waals surface area contributed by atoms with Gasteiger partial charge in [0.2, 0.25) is 0 Å². The van der Waals surface area contributed by atoms with E-state index in [9.17, 15) is 18.0 Å². The van der Waals surface area contributed by atoms with Crippen LogP contribution in [-0.4, -0.2) is 11.0 Å². The van der Waals surface area contributed by atoms with Gasteiger partial charge in [0.15, 0.2) is 0 Å². The number of nitrogens with zero attached hydrogens (tertiary/aromatic N) is 1. The van der Waals surface area contributed by atoms with Crippen LogP contribution in [0, 0.1) is 0 Å². The molecule has 4 nitrogen and oxygen atoms in total. The lowest BCUT2D eigenvalue weighted by atomic mass is 10.1. The number of rotatable bonds is 2. The smallest absolute Gasteiger partial charge is 0.418 e. The number of anilines is 1. The lowest BCUT2D eigenvalue weighted by Gasteiger charge is -2.12. The number of hydrogen-bond acceptors (Lipinski definition) is 4. The summed E-state index contributed by atoms with van der Waals surface area (Å²) in [6, 6.07) is 11.2. The van der Waals surface area contributed by atoms with Gasteiger partial charge in [-0.15, -0.1) is 0 Å². The minimum absolute atomic E-state index is 0.0145. The molecule has 3 aromatic rings. The Balaban J connectivity index is 2.05. The van der Waals surface area contributed by atoms with Crippen LogP contribution in [0.15, 0.2) is 54.7 Å². The number of hydrogen-bond donors (Lipinski definition) is 1. The number of nitrogens with two attached hydrogens (primary N) is 1. The van der Waals surface area contributed by atoms with E-state index in [0.717, 1.165) is 12.3 Å². The Morgan fingerprint density at radius 2 is 1.79 bits per heavy atom. The zero-order valence-corrected chi connectivity index (χ0v) is 12.2. The number of alkyl halides is 3. The summed E-state index contributed by atoms with van der Waals surface area (Å²) in [6.07, 6.45) is -3.40. The van der Waals surface area contributed by atoms with Crippen LogP contribution in [0.5, 0.6) is 5.75 Å². The molecule has 1 heterocycles. The molecule has 0 aliphatic heterocycles. The van der Waals surface area contributed by atoms with Crippen LogP contribution in [0.4, 0.5) is 18.9 Å². The number of ether oxygens (including phenoxy) is 1. The quantitative estimate of drug-likeness (QED) is 0.568. The van der Waals surface area contributed by atoms with Gasteiger partial charge in [0.05, 0.1) is 16.6 Å². The molecule has 0 saturated heterocycles. The number of aromatic nitrogens is 1. The third kappa shape index (κ3) is 2.88. The van der Waals surface area contributed by atoms with E-state index >= 15 is 0 Å². The monoisotopic (exact) mass is 332 g/mol. The number of para-hydroxylation sites is 2. The van der Waals surface area contributed by atoms with Crippen LogP contribution in [-0.2, 0) is 6.18 Å². The molecule has 0 radical (unpaired) electrons. The summed E-state index contributed by atoms with van der Waals surface area (Å²) in [5.41, 5.74) is 4.89. The zero-order valence-electron chi connectivity index (χ0n) is 12.2. The minimum Gasteiger partial charge on any atom is -0.422 e. The fourth-order valence-corrected chi connectivity index (χ4v) is 2.31. The first kappa shape index (κ1) is 15.8. The van der Waals surface area contributed by atoms with E-state index in [4.69, 9.17) is 10.5 Å². The molecule has 0 bridgehead atoms. The molecule has 0 amide bonds. The summed E-state index contributed by atoms with van der Waals surface area (Å²) >= 11 is 0. The van der Waals surface area contributed by atoms with Crippen LogP contribution in [0.1, 0.15) is 15.9 Å². The molecule has 7 heteroatoms. The average Bonchev–Trinajstić information content (AvgIpc) is 2.54. The Bertz CT molecular complexity index is 923. The van der Waals surface area contributed by atoms with Crippen LogP contribution >= 0.6 is 0 Å². The second kappa shape index (κ2) is 5.84. The predicted molar refractivity (Wildman–Crippen MR) is 82.6 cm³/mol. The average molecular weight is 332 g/mol. The fraction of sp³-hybridized carbons (Fsp3) is 0.0588. The van der Waals surface area contributed by atoms with Gasteiger partial charge >= 0.3 is 12.1 Å². The summed E-state index contributed by atoms with van der Waals surface area (Å²) in [6.45, 7) is 0. The first-order valence-corrected chi connectivity index (χ1v) is 6.89. The van der Waals surface area contributed by atoms with E-state index in [1.54, 1.807) is 12.1 Å². The molecular weight excluding hydrogens is 321 g/mol. The molecule has 0 atom stereocenters. The lowest BCUT2D eigenvalue weighted by molar-refractivity contribution is -0.136. The Morgan fingerprint density at radius 1 is 1.04 bits per heavy atom. The number of carbonyl (C=O) groups excluding carboxylic acids is 1. The van der Waals surface area contributed by atoms with Gasteiger partial charge in [-0.2, -0.15) is 13.2 Å². The lowest BCUT2D eigenvalue weighted by Crippen LogP contribution is -2.12. The van der Waals surface area contributed by atoms with Gasteiger partial charge in [-0.05, 0) is 30.3 Å². The molecule has 1 aromatic heterocycles. The van der Waals surface area contributed by atoms with Crippen molar-refractivity contribution in [3.05, 3.63) is 65.9 Å². The third-order valence-corrected chi connectivity index (χ3v) is 3.42. The van der Waals surface area contributed by atoms with Gasteiger partial charge in [0.25, 0.3) is 0 Å². The van der Waals surface area contributed by atoms with Gasteiger partial charge < -0.3 is 10.5 Å². The predicted octanol–water partition coefficient (Wildman–Crippen LogP) is 4.06. The van der Waals surface area contributed by atoms with Crippen molar-refractivity contribution >= 4 is 22.6 Å². The molecular formula is C17H11F3N2O2. The van der Waals surface area contributed by atoms with Gasteiger partial charge in [0.1, 0.15) is 5.75 Å². The van der Waals surface area contributed by atoms with Gasteiger partial charge in [-0.1, -0.05) is 18.2 Å². The van der Waals surface area contributed by atoms with Gasteiger partial charge in [-0.25, -0.2) is 4.79 Å². The van der Waals surface area contributed by atoms with E-state index in [2.05, 4.69) is 4.98 Å². The minimum atomic E-state index is -4.56. The largest absolute Gasteiger partial charge is 0.422 e. The third-order valence-electron chi connectivity index (χ3n) is 3.42. The number of fused-ring (bicyclic) bond motifs is 1. The molecule has 0 aliphatic carbocycles. The van der Waals surface area contributed by atoms with E-state index in [1.165, 1.54) is 30.3 Å². The molecule has 2 aromatic carbocycles. The summed E-state index contributed by atoms with van der Waals surface area (Å²) in [5.74, 6) is -0.766. The Hall–Kier alpha value is -3.09. The van der Waals surface area contributed by atoms with Gasteiger partial charge in [-0.3, -0.25) is 4.98 Å². The van der Waals surface area contributed by atoms with Crippen molar-refractivity contribution in [2.75, 3.05) is 5.73 Å². The van der Waals surface area contributed by atoms with E-state index in [1.807, 2.05) is 0 Å². The fourth-order valence-electron chi connectivity index (χ4n) is 2.31. The van der Waals surface area contributed by atoms with Crippen molar-refractivity contribution in [3.8, 4) is 5.75 Å². The zero-order chi connectivity index (χ0) is 17.3. The Morgan fingerprint density at radius 3 is 2.50 bits per heavy atom. The number of pyridine rings is 1. The molecule has 0 fully saturated rings. The van der Waals surface area contributed by atoms with Crippen molar-refractivity contribution in [2.24, 2.45) is 0 Å². The summed E-state index contributed by atoms with van der Waals surface area (Å²) in [7, 11) is 0. The standard InChI is InChI=1S/C17H11F3N2O2/c18-17(19,20)12-6-3-5-11-14(8-9-22-15(11)12)24-16(23)10-4-1-2-7-13(10)21/h1-9H,21H2. The number of halogens is 3. The summed E-state index contributed by atoms with van der Waals surface area (Å²) in [4.78, 5) is 16.0. The second-order valence-electron chi connectivity index (χ2n) is 4.99. The highest BCUT2D eigenvalue weighted by Crippen LogP contribution is 2.36. The van der Waals surface area contributed by atoms with Crippen molar-refractivity contribution in [3.63, 3.8) is 0 Å². The summed E-state index contributed by atoms with van der Waals surface area (Å²) < 4.78 is 44.4. The molecule has 0 saturated carbocycles. The topological polar surface area (TPSA) is 65.2 Å². The number of benzene rings is 2. The van der Waals surface area contributed by atoms with Crippen molar-refractivity contribution in [1.82, 2.24) is 4.98 Å². The van der Waals surface area contributed by atoms with Gasteiger partial charge in [0, 0.05) is 17.3 Å². The number of esters is 1. The number of nitrogen functional groups attached to an aromatic ring is 1. The maximum Gasteiger partial charge on any atom is 0.418 e. The van der Waals surface area contributed by atoms with Crippen molar-refractivity contribution in [1.29, 1.82) is 0 Å². The Labute approximate surface area is 134 Å². The first-order valence-electron chi connectivity index (χ1n) is 6.89.